The topological polar surface area (TPSA) is 73.2 Å². The van der Waals surface area contributed by atoms with Gasteiger partial charge < -0.3 is 10.1 Å². The van der Waals surface area contributed by atoms with Crippen molar-refractivity contribution in [2.45, 2.75) is 19.8 Å². The molecule has 0 aliphatic heterocycles. The third-order valence-corrected chi connectivity index (χ3v) is 5.80. The smallest absolute Gasteiger partial charge is 0.263 e. The molecule has 7 heteroatoms. The number of carbonyl (C=O) groups is 1. The van der Waals surface area contributed by atoms with Crippen molar-refractivity contribution in [3.63, 3.8) is 0 Å². The van der Waals surface area contributed by atoms with E-state index in [1.54, 1.807) is 19.2 Å². The van der Waals surface area contributed by atoms with Gasteiger partial charge in [-0.05, 0) is 38.0 Å². The van der Waals surface area contributed by atoms with Gasteiger partial charge >= 0.3 is 0 Å². The Morgan fingerprint density at radius 3 is 2.80 bits per heavy atom. The summed E-state index contributed by atoms with van der Waals surface area (Å²) in [5, 5.41) is 3.40. The second-order valence-corrected chi connectivity index (χ2v) is 7.85. The average Bonchev–Trinajstić information content (AvgIpc) is 3.15. The van der Waals surface area contributed by atoms with Crippen LogP contribution in [0.5, 0.6) is 11.5 Å². The number of nitrogens with one attached hydrogen (secondary N) is 1. The van der Waals surface area contributed by atoms with E-state index in [1.165, 1.54) is 27.5 Å². The van der Waals surface area contributed by atoms with Crippen molar-refractivity contribution in [1.82, 2.24) is 14.9 Å². The molecule has 0 saturated carbocycles. The summed E-state index contributed by atoms with van der Waals surface area (Å²) in [6.45, 7) is 2.29. The largest absolute Gasteiger partial charge is 0.457 e. The van der Waals surface area contributed by atoms with Gasteiger partial charge in [-0.1, -0.05) is 53.3 Å². The summed E-state index contributed by atoms with van der Waals surface area (Å²) in [7, 11) is 0. The van der Waals surface area contributed by atoms with Crippen LogP contribution in [0.4, 0.5) is 0 Å². The zero-order valence-corrected chi connectivity index (χ0v) is 17.3. The van der Waals surface area contributed by atoms with E-state index in [0.717, 1.165) is 12.8 Å². The van der Waals surface area contributed by atoms with Gasteiger partial charge in [0.15, 0.2) is 5.13 Å². The highest BCUT2D eigenvalue weighted by Gasteiger charge is 2.17. The second kappa shape index (κ2) is 8.92. The Kier molecular flexibility index (Phi) is 5.90. The first kappa shape index (κ1) is 19.8. The molecule has 0 fully saturated rings. The number of pyridine rings is 1. The molecule has 0 saturated heterocycles. The van der Waals surface area contributed by atoms with Crippen LogP contribution in [0.25, 0.3) is 5.13 Å². The van der Waals surface area contributed by atoms with Gasteiger partial charge in [0, 0.05) is 18.8 Å². The lowest BCUT2D eigenvalue weighted by Gasteiger charge is -2.09. The Morgan fingerprint density at radius 2 is 2.07 bits per heavy atom. The van der Waals surface area contributed by atoms with Crippen LogP contribution in [0.2, 0.25) is 0 Å². The normalized spacial score (nSPS) is 13.0. The highest BCUT2D eigenvalue weighted by atomic mass is 32.1. The molecule has 1 aromatic carbocycles. The quantitative estimate of drug-likeness (QED) is 0.643. The van der Waals surface area contributed by atoms with Crippen molar-refractivity contribution >= 4 is 17.2 Å². The van der Waals surface area contributed by atoms with Crippen LogP contribution in [0.1, 0.15) is 28.2 Å². The molecule has 0 radical (unpaired) electrons. The van der Waals surface area contributed by atoms with Crippen molar-refractivity contribution in [1.29, 1.82) is 0 Å². The number of aryl methyl sites for hydroxylation is 1. The Balaban J connectivity index is 1.49. The first-order chi connectivity index (χ1) is 14.6. The van der Waals surface area contributed by atoms with Crippen LogP contribution in [0.3, 0.4) is 0 Å². The average molecular weight is 420 g/mol. The second-order valence-electron chi connectivity index (χ2n) is 6.87. The van der Waals surface area contributed by atoms with E-state index in [2.05, 4.69) is 16.4 Å². The van der Waals surface area contributed by atoms with Gasteiger partial charge in [-0.25, -0.2) is 4.98 Å². The molecule has 3 aromatic rings. The van der Waals surface area contributed by atoms with Gasteiger partial charge in [0.1, 0.15) is 16.4 Å². The van der Waals surface area contributed by atoms with Gasteiger partial charge in [-0.2, -0.15) is 0 Å². The van der Waals surface area contributed by atoms with E-state index in [9.17, 15) is 9.59 Å². The minimum Gasteiger partial charge on any atom is -0.457 e. The van der Waals surface area contributed by atoms with Crippen molar-refractivity contribution in [2.75, 3.05) is 6.54 Å². The number of nitrogens with zero attached hydrogens (tertiary/aromatic N) is 2. The zero-order chi connectivity index (χ0) is 20.9. The fourth-order valence-corrected chi connectivity index (χ4v) is 4.05. The molecule has 30 heavy (non-hydrogen) atoms. The van der Waals surface area contributed by atoms with E-state index in [-0.39, 0.29) is 11.5 Å². The number of hydrogen-bond acceptors (Lipinski definition) is 5. The first-order valence-electron chi connectivity index (χ1n) is 9.66. The van der Waals surface area contributed by atoms with Crippen LogP contribution in [-0.4, -0.2) is 22.0 Å². The molecule has 4 rings (SSSR count). The van der Waals surface area contributed by atoms with Crippen LogP contribution in [0.15, 0.2) is 77.3 Å². The summed E-state index contributed by atoms with van der Waals surface area (Å²) < 4.78 is 7.12. The molecule has 6 nitrogen and oxygen atoms in total. The predicted molar refractivity (Wildman–Crippen MR) is 118 cm³/mol. The van der Waals surface area contributed by atoms with Crippen LogP contribution >= 0.6 is 11.3 Å². The highest BCUT2D eigenvalue weighted by Crippen LogP contribution is 2.23. The summed E-state index contributed by atoms with van der Waals surface area (Å²) in [6, 6.07) is 12.4. The maximum atomic E-state index is 12.6. The number of allylic oxidation sites excluding steroid dienone is 3. The van der Waals surface area contributed by atoms with E-state index in [0.29, 0.717) is 33.7 Å². The van der Waals surface area contributed by atoms with Gasteiger partial charge in [0.2, 0.25) is 0 Å². The van der Waals surface area contributed by atoms with Crippen LogP contribution < -0.4 is 15.6 Å². The molecule has 0 atom stereocenters. The molecular formula is C23H21N3O3S. The number of benzene rings is 1. The number of rotatable bonds is 6. The van der Waals surface area contributed by atoms with Gasteiger partial charge in [0.25, 0.3) is 11.5 Å². The lowest BCUT2D eigenvalue weighted by molar-refractivity contribution is 0.0960. The van der Waals surface area contributed by atoms with Gasteiger partial charge in [-0.3, -0.25) is 14.2 Å². The van der Waals surface area contributed by atoms with Crippen molar-refractivity contribution in [2.24, 2.45) is 0 Å². The third kappa shape index (κ3) is 4.58. The molecule has 1 aliphatic carbocycles. The fraction of sp³-hybridized carbons (Fsp3) is 0.174. The molecule has 0 unspecified atom stereocenters. The number of para-hydroxylation sites is 1. The maximum absolute atomic E-state index is 12.6. The van der Waals surface area contributed by atoms with E-state index >= 15 is 0 Å². The van der Waals surface area contributed by atoms with Crippen LogP contribution in [-0.2, 0) is 0 Å². The first-order valence-corrected chi connectivity index (χ1v) is 10.5. The summed E-state index contributed by atoms with van der Waals surface area (Å²) in [5.74, 6) is 0.926. The molecule has 0 bridgehead atoms. The number of thiazole rings is 1. The Morgan fingerprint density at radius 1 is 1.23 bits per heavy atom. The summed E-state index contributed by atoms with van der Waals surface area (Å²) in [6.07, 6.45) is 9.72. The number of ether oxygens (including phenoxy) is 1. The SMILES string of the molecule is Cc1nc(-n2ccc(Oc3ccccc3)cc2=O)sc1C(=O)NCC1=CC=CCC1. The Labute approximate surface area is 178 Å². The van der Waals surface area contributed by atoms with E-state index in [4.69, 9.17) is 4.74 Å². The van der Waals surface area contributed by atoms with Gasteiger partial charge in [0.05, 0.1) is 5.69 Å². The minimum absolute atomic E-state index is 0.177. The number of amides is 1. The predicted octanol–water partition coefficient (Wildman–Crippen LogP) is 4.40. The molecular weight excluding hydrogens is 398 g/mol. The molecule has 1 aliphatic rings. The lowest BCUT2D eigenvalue weighted by atomic mass is 10.1. The van der Waals surface area contributed by atoms with E-state index in [1.807, 2.05) is 42.5 Å². The number of hydrogen-bond donors (Lipinski definition) is 1. The van der Waals surface area contributed by atoms with Crippen LogP contribution in [0, 0.1) is 6.92 Å². The van der Waals surface area contributed by atoms with Gasteiger partial charge in [-0.15, -0.1) is 0 Å². The Bertz CT molecular complexity index is 1180. The molecule has 2 heterocycles. The molecule has 2 aromatic heterocycles. The highest BCUT2D eigenvalue weighted by molar-refractivity contribution is 7.16. The summed E-state index contributed by atoms with van der Waals surface area (Å²) >= 11 is 1.20. The summed E-state index contributed by atoms with van der Waals surface area (Å²) in [5.41, 5.74) is 1.52. The fourth-order valence-electron chi connectivity index (χ4n) is 3.08. The Hall–Kier alpha value is -3.45. The monoisotopic (exact) mass is 419 g/mol. The molecule has 152 valence electrons. The van der Waals surface area contributed by atoms with Crippen molar-refractivity contribution in [3.8, 4) is 16.6 Å². The van der Waals surface area contributed by atoms with Crippen molar-refractivity contribution < 1.29 is 9.53 Å². The molecule has 1 N–H and O–H groups in total. The maximum Gasteiger partial charge on any atom is 0.263 e. The molecule has 0 spiro atoms. The lowest BCUT2D eigenvalue weighted by Crippen LogP contribution is -2.25. The summed E-state index contributed by atoms with van der Waals surface area (Å²) in [4.78, 5) is 30.1. The third-order valence-electron chi connectivity index (χ3n) is 4.64. The molecule has 1 amide bonds. The minimum atomic E-state index is -0.275. The zero-order valence-electron chi connectivity index (χ0n) is 16.5. The number of carbonyl (C=O) groups excluding carboxylic acids is 1. The van der Waals surface area contributed by atoms with E-state index < -0.39 is 0 Å². The number of aromatic nitrogens is 2. The van der Waals surface area contributed by atoms with Crippen molar-refractivity contribution in [3.05, 3.63) is 93.4 Å². The standard InChI is InChI=1S/C23H21N3O3S/c1-16-21(22(28)24-15-17-8-4-2-5-9-17)30-23(25-16)26-13-12-19(14-20(26)27)29-18-10-6-3-7-11-18/h2-4,6-8,10-14H,5,9,15H2,1H3,(H,24,28).